The van der Waals surface area contributed by atoms with Crippen molar-refractivity contribution < 1.29 is 4.92 Å². The van der Waals surface area contributed by atoms with Gasteiger partial charge in [0.25, 0.3) is 0 Å². The van der Waals surface area contributed by atoms with E-state index in [1.807, 2.05) is 12.2 Å². The molecule has 54 valence electrons. The average Bonchev–Trinajstić information content (AvgIpc) is 1.88. The third kappa shape index (κ3) is 1.23. The minimum atomic E-state index is -0.481. The van der Waals surface area contributed by atoms with Crippen molar-refractivity contribution in [3.63, 3.8) is 0 Å². The van der Waals surface area contributed by atoms with Crippen LogP contribution in [0.1, 0.15) is 13.3 Å². The molecule has 0 bridgehead atoms. The van der Waals surface area contributed by atoms with Gasteiger partial charge in [-0.25, -0.2) is 0 Å². The van der Waals surface area contributed by atoms with Crippen molar-refractivity contribution in [2.45, 2.75) is 19.4 Å². The summed E-state index contributed by atoms with van der Waals surface area (Å²) in [5.41, 5.74) is 0.840. The van der Waals surface area contributed by atoms with Crippen LogP contribution in [0.15, 0.2) is 23.8 Å². The van der Waals surface area contributed by atoms with Crippen LogP contribution in [0, 0.1) is 10.1 Å². The molecule has 0 amide bonds. The van der Waals surface area contributed by atoms with Gasteiger partial charge in [-0.1, -0.05) is 18.2 Å². The third-order valence-corrected chi connectivity index (χ3v) is 1.63. The molecule has 1 atom stereocenters. The lowest BCUT2D eigenvalue weighted by Crippen LogP contribution is -2.20. The lowest BCUT2D eigenvalue weighted by atomic mass is 10.0. The number of hydrogen-bond acceptors (Lipinski definition) is 2. The summed E-state index contributed by atoms with van der Waals surface area (Å²) in [6.45, 7) is 1.79. The summed E-state index contributed by atoms with van der Waals surface area (Å²) in [6.07, 6.45) is 6.00. The molecular weight excluding hydrogens is 130 g/mol. The Morgan fingerprint density at radius 3 is 2.90 bits per heavy atom. The van der Waals surface area contributed by atoms with Gasteiger partial charge in [0.15, 0.2) is 0 Å². The number of allylic oxidation sites excluding steroid dienone is 2. The van der Waals surface area contributed by atoms with Crippen LogP contribution in [0.4, 0.5) is 0 Å². The summed E-state index contributed by atoms with van der Waals surface area (Å²) in [5.74, 6) is 0. The number of nitrogens with zero attached hydrogens (tertiary/aromatic N) is 1. The molecule has 0 radical (unpaired) electrons. The first kappa shape index (κ1) is 6.99. The van der Waals surface area contributed by atoms with Gasteiger partial charge in [0.1, 0.15) is 0 Å². The molecule has 0 aromatic rings. The van der Waals surface area contributed by atoms with Crippen molar-refractivity contribution in [2.24, 2.45) is 0 Å². The second-order valence-electron chi connectivity index (χ2n) is 2.38. The molecule has 3 nitrogen and oxygen atoms in total. The van der Waals surface area contributed by atoms with E-state index in [9.17, 15) is 10.1 Å². The maximum absolute atomic E-state index is 10.3. The van der Waals surface area contributed by atoms with Crippen LogP contribution in [-0.4, -0.2) is 11.0 Å². The van der Waals surface area contributed by atoms with Crippen molar-refractivity contribution in [2.75, 3.05) is 0 Å². The van der Waals surface area contributed by atoms with E-state index in [-0.39, 0.29) is 4.92 Å². The SMILES string of the molecule is CC1=CC=CCC1[N+](=O)[O-]. The highest BCUT2D eigenvalue weighted by Gasteiger charge is 2.21. The van der Waals surface area contributed by atoms with Crippen LogP contribution in [0.3, 0.4) is 0 Å². The molecule has 0 N–H and O–H groups in total. The summed E-state index contributed by atoms with van der Waals surface area (Å²) in [6, 6.07) is -0.481. The lowest BCUT2D eigenvalue weighted by molar-refractivity contribution is -0.511. The first-order valence-electron chi connectivity index (χ1n) is 3.18. The molecular formula is C7H9NO2. The largest absolute Gasteiger partial charge is 0.264 e. The minimum absolute atomic E-state index is 0.241. The fraction of sp³-hybridized carbons (Fsp3) is 0.429. The highest BCUT2D eigenvalue weighted by atomic mass is 16.6. The Morgan fingerprint density at radius 2 is 2.50 bits per heavy atom. The second kappa shape index (κ2) is 2.64. The quantitative estimate of drug-likeness (QED) is 0.408. The van der Waals surface area contributed by atoms with E-state index >= 15 is 0 Å². The molecule has 10 heavy (non-hydrogen) atoms. The monoisotopic (exact) mass is 139 g/mol. The van der Waals surface area contributed by atoms with Crippen molar-refractivity contribution >= 4 is 0 Å². The van der Waals surface area contributed by atoms with E-state index in [1.165, 1.54) is 0 Å². The Labute approximate surface area is 59.2 Å². The smallest absolute Gasteiger partial charge is 0.237 e. The Hall–Kier alpha value is -1.12. The Kier molecular flexibility index (Phi) is 1.85. The Bertz CT molecular complexity index is 206. The van der Waals surface area contributed by atoms with Gasteiger partial charge in [-0.15, -0.1) is 0 Å². The average molecular weight is 139 g/mol. The highest BCUT2D eigenvalue weighted by Crippen LogP contribution is 2.14. The van der Waals surface area contributed by atoms with Crippen molar-refractivity contribution in [1.82, 2.24) is 0 Å². The predicted octanol–water partition coefficient (Wildman–Crippen LogP) is 1.54. The van der Waals surface area contributed by atoms with E-state index < -0.39 is 6.04 Å². The molecule has 0 fully saturated rings. The van der Waals surface area contributed by atoms with Crippen molar-refractivity contribution in [1.29, 1.82) is 0 Å². The van der Waals surface area contributed by atoms with Gasteiger partial charge < -0.3 is 0 Å². The number of hydrogen-bond donors (Lipinski definition) is 0. The zero-order valence-corrected chi connectivity index (χ0v) is 5.78. The molecule has 0 saturated heterocycles. The zero-order valence-electron chi connectivity index (χ0n) is 5.78. The summed E-state index contributed by atoms with van der Waals surface area (Å²) in [4.78, 5) is 10.1. The fourth-order valence-electron chi connectivity index (χ4n) is 0.977. The van der Waals surface area contributed by atoms with Gasteiger partial charge in [-0.3, -0.25) is 10.1 Å². The summed E-state index contributed by atoms with van der Waals surface area (Å²) < 4.78 is 0. The molecule has 0 heterocycles. The molecule has 1 aliphatic rings. The molecule has 1 rings (SSSR count). The normalized spacial score (nSPS) is 24.1. The van der Waals surface area contributed by atoms with Crippen molar-refractivity contribution in [3.05, 3.63) is 33.9 Å². The standard InChI is InChI=1S/C7H9NO2/c1-6-4-2-3-5-7(6)8(9)10/h2-4,7H,5H2,1H3. The minimum Gasteiger partial charge on any atom is -0.264 e. The summed E-state index contributed by atoms with van der Waals surface area (Å²) in [5, 5.41) is 10.3. The third-order valence-electron chi connectivity index (χ3n) is 1.63. The van der Waals surface area contributed by atoms with Gasteiger partial charge in [-0.2, -0.15) is 0 Å². The molecule has 1 unspecified atom stereocenters. The maximum Gasteiger partial charge on any atom is 0.237 e. The molecule has 0 saturated carbocycles. The topological polar surface area (TPSA) is 43.1 Å². The van der Waals surface area contributed by atoms with Crippen LogP contribution in [-0.2, 0) is 0 Å². The predicted molar refractivity (Wildman–Crippen MR) is 38.3 cm³/mol. The van der Waals surface area contributed by atoms with E-state index in [0.29, 0.717) is 6.42 Å². The molecule has 3 heteroatoms. The Morgan fingerprint density at radius 1 is 1.80 bits per heavy atom. The van der Waals surface area contributed by atoms with Crippen molar-refractivity contribution in [3.8, 4) is 0 Å². The van der Waals surface area contributed by atoms with Crippen LogP contribution in [0.5, 0.6) is 0 Å². The van der Waals surface area contributed by atoms with Crippen LogP contribution in [0.2, 0.25) is 0 Å². The number of rotatable bonds is 1. The molecule has 0 aliphatic heterocycles. The fourth-order valence-corrected chi connectivity index (χ4v) is 0.977. The highest BCUT2D eigenvalue weighted by molar-refractivity contribution is 5.19. The van der Waals surface area contributed by atoms with Gasteiger partial charge in [0.05, 0.1) is 0 Å². The van der Waals surface area contributed by atoms with Gasteiger partial charge >= 0.3 is 0 Å². The molecule has 0 spiro atoms. The second-order valence-corrected chi connectivity index (χ2v) is 2.38. The van der Waals surface area contributed by atoms with Gasteiger partial charge in [0, 0.05) is 16.9 Å². The van der Waals surface area contributed by atoms with Gasteiger partial charge in [-0.05, 0) is 6.92 Å². The summed E-state index contributed by atoms with van der Waals surface area (Å²) >= 11 is 0. The molecule has 0 aromatic carbocycles. The number of nitro groups is 1. The van der Waals surface area contributed by atoms with E-state index in [2.05, 4.69) is 0 Å². The van der Waals surface area contributed by atoms with E-state index in [0.717, 1.165) is 5.57 Å². The Balaban J connectivity index is 2.73. The van der Waals surface area contributed by atoms with E-state index in [1.54, 1.807) is 13.0 Å². The summed E-state index contributed by atoms with van der Waals surface area (Å²) in [7, 11) is 0. The molecule has 0 aromatic heterocycles. The van der Waals surface area contributed by atoms with Crippen LogP contribution in [0.25, 0.3) is 0 Å². The zero-order chi connectivity index (χ0) is 7.56. The lowest BCUT2D eigenvalue weighted by Gasteiger charge is -2.09. The van der Waals surface area contributed by atoms with E-state index in [4.69, 9.17) is 0 Å². The first-order chi connectivity index (χ1) is 4.72. The van der Waals surface area contributed by atoms with Crippen LogP contribution >= 0.6 is 0 Å². The first-order valence-corrected chi connectivity index (χ1v) is 3.18. The van der Waals surface area contributed by atoms with Gasteiger partial charge in [0.2, 0.25) is 6.04 Å². The maximum atomic E-state index is 10.3. The molecule has 1 aliphatic carbocycles. The van der Waals surface area contributed by atoms with Crippen LogP contribution < -0.4 is 0 Å².